The first-order chi connectivity index (χ1) is 41.5. The van der Waals surface area contributed by atoms with Crippen molar-refractivity contribution in [2.24, 2.45) is 35.3 Å². The maximum Gasteiger partial charge on any atom is 0.407 e. The molecule has 0 radical (unpaired) electrons. The van der Waals surface area contributed by atoms with Crippen molar-refractivity contribution >= 4 is 41.4 Å². The number of allylic oxidation sites excluding steroid dienone is 5. The number of nitrogens with one attached hydrogen (secondary N) is 1. The second-order valence-corrected chi connectivity index (χ2v) is 24.7. The van der Waals surface area contributed by atoms with Gasteiger partial charge in [0, 0.05) is 115 Å². The molecular formula is C64H99N7O16. The van der Waals surface area contributed by atoms with Gasteiger partial charge in [-0.2, -0.15) is 0 Å². The average Bonchev–Trinajstić information content (AvgIpc) is 1.65. The zero-order valence-corrected chi connectivity index (χ0v) is 52.6. The first kappa shape index (κ1) is 70.6. The number of Topliss-reactive ketones (excluding diaryl/α,β-unsaturated/α-hetero) is 2. The van der Waals surface area contributed by atoms with Crippen molar-refractivity contribution in [1.82, 2.24) is 25.1 Å². The summed E-state index contributed by atoms with van der Waals surface area (Å²) in [5.41, 5.74) is 8.78. The third kappa shape index (κ3) is 19.7. The Morgan fingerprint density at radius 3 is 2.25 bits per heavy atom. The van der Waals surface area contributed by atoms with Crippen LogP contribution in [0, 0.1) is 29.6 Å². The molecule has 3 saturated heterocycles. The first-order valence-corrected chi connectivity index (χ1v) is 31.4. The van der Waals surface area contributed by atoms with Crippen LogP contribution in [0.1, 0.15) is 138 Å². The van der Waals surface area contributed by atoms with Crippen LogP contribution in [-0.2, 0) is 58.9 Å². The number of rotatable bonds is 13. The molecule has 0 spiro atoms. The van der Waals surface area contributed by atoms with Gasteiger partial charge < -0.3 is 74.6 Å². The summed E-state index contributed by atoms with van der Waals surface area (Å²) in [7, 11) is 3.08. The van der Waals surface area contributed by atoms with Crippen LogP contribution in [0.3, 0.4) is 0 Å². The number of carbonyl (C=O) groups excluding carboxylic acids is 6. The Morgan fingerprint density at radius 1 is 0.839 bits per heavy atom. The largest absolute Gasteiger partial charge is 0.459 e. The number of ether oxygens (including phenoxy) is 6. The van der Waals surface area contributed by atoms with Gasteiger partial charge in [-0.25, -0.2) is 19.6 Å². The molecule has 5 heterocycles. The van der Waals surface area contributed by atoms with Gasteiger partial charge in [0.25, 0.3) is 11.7 Å². The summed E-state index contributed by atoms with van der Waals surface area (Å²) in [5, 5.41) is 49.2. The maximum absolute atomic E-state index is 14.6. The summed E-state index contributed by atoms with van der Waals surface area (Å²) in [5.74, 6) is -7.83. The SMILES string of the molecule is CCOCCC(=O)N1CCN(c2ncc(CNC(=O)O[C@@H]3CC[C@@H](C[C@@H](N)[C@@H]4C[C@@H](O)[C@H](C)/C=C(\C)C(O)[C@@H](O)C(=O)[C@H](C)C[C@H](C)/C=C/C=C/C=C(\C)[C@@H](OC)C[C@@H]5CC[C@@H](C)[C@@](O)(O5)C(=O)C(=O)N5CCCC[C@H]5C(=O)O4)C[C@H]3OC)cn2)CC1. The normalized spacial score (nSPS) is 34.9. The number of cyclic esters (lactones) is 1. The molecule has 1 aromatic heterocycles. The highest BCUT2D eigenvalue weighted by Gasteiger charge is 2.53. The molecular weight excluding hydrogens is 1120 g/mol. The van der Waals surface area contributed by atoms with Crippen molar-refractivity contribution in [3.05, 3.63) is 65.6 Å². The molecule has 1 aromatic rings. The summed E-state index contributed by atoms with van der Waals surface area (Å²) in [6, 6.07) is -2.14. The number of aromatic nitrogens is 2. The van der Waals surface area contributed by atoms with Crippen molar-refractivity contribution in [2.75, 3.05) is 65.1 Å². The van der Waals surface area contributed by atoms with Crippen LogP contribution in [0.15, 0.2) is 60.0 Å². The molecule has 6 rings (SSSR count). The van der Waals surface area contributed by atoms with E-state index in [1.54, 1.807) is 53.3 Å². The minimum Gasteiger partial charge on any atom is -0.459 e. The van der Waals surface area contributed by atoms with Gasteiger partial charge in [0.1, 0.15) is 30.5 Å². The van der Waals surface area contributed by atoms with Gasteiger partial charge in [-0.05, 0) is 108 Å². The van der Waals surface area contributed by atoms with Crippen molar-refractivity contribution < 1.29 is 77.6 Å². The quantitative estimate of drug-likeness (QED) is 0.0668. The molecule has 1 aliphatic carbocycles. The van der Waals surface area contributed by atoms with Crippen LogP contribution in [0.5, 0.6) is 0 Å². The molecule has 2 bridgehead atoms. The number of alkyl carbamates (subject to hydrolysis) is 1. The number of piperazine rings is 1. The van der Waals surface area contributed by atoms with Gasteiger partial charge in [-0.3, -0.25) is 19.2 Å². The summed E-state index contributed by atoms with van der Waals surface area (Å²) in [6.07, 6.45) is 10.0. The van der Waals surface area contributed by atoms with Gasteiger partial charge in [-0.1, -0.05) is 64.2 Å². The third-order valence-corrected chi connectivity index (χ3v) is 18.1. The molecule has 1 unspecified atom stereocenters. The van der Waals surface area contributed by atoms with Crippen LogP contribution in [-0.4, -0.2) is 202 Å². The van der Waals surface area contributed by atoms with Gasteiger partial charge in [-0.15, -0.1) is 0 Å². The Balaban J connectivity index is 1.15. The number of nitrogens with zero attached hydrogens (tertiary/aromatic N) is 5. The lowest BCUT2D eigenvalue weighted by atomic mass is 9.80. The summed E-state index contributed by atoms with van der Waals surface area (Å²) in [4.78, 5) is 96.7. The van der Waals surface area contributed by atoms with Crippen molar-refractivity contribution in [3.63, 3.8) is 0 Å². The number of hydrogen-bond donors (Lipinski definition) is 6. The number of nitrogens with two attached hydrogens (primary N) is 1. The van der Waals surface area contributed by atoms with Crippen LogP contribution in [0.25, 0.3) is 0 Å². The Hall–Kier alpha value is -5.50. The minimum absolute atomic E-state index is 0.0229. The van der Waals surface area contributed by atoms with Crippen LogP contribution in [0.2, 0.25) is 0 Å². The molecule has 1 saturated carbocycles. The predicted molar refractivity (Wildman–Crippen MR) is 323 cm³/mol. The van der Waals surface area contributed by atoms with E-state index in [0.717, 1.165) is 10.5 Å². The van der Waals surface area contributed by atoms with E-state index in [4.69, 9.17) is 34.2 Å². The number of ketones is 2. The Kier molecular flexibility index (Phi) is 27.5. The van der Waals surface area contributed by atoms with Crippen LogP contribution < -0.4 is 16.0 Å². The van der Waals surface area contributed by atoms with Gasteiger partial charge >= 0.3 is 12.1 Å². The summed E-state index contributed by atoms with van der Waals surface area (Å²) >= 11 is 0. The van der Waals surface area contributed by atoms with Crippen molar-refractivity contribution in [2.45, 2.75) is 205 Å². The molecule has 0 aromatic carbocycles. The lowest BCUT2D eigenvalue weighted by Crippen LogP contribution is -2.61. The zero-order valence-electron chi connectivity index (χ0n) is 52.6. The molecule has 23 heteroatoms. The number of anilines is 1. The molecule has 87 heavy (non-hydrogen) atoms. The molecule has 23 nitrogen and oxygen atoms in total. The van der Waals surface area contributed by atoms with E-state index >= 15 is 0 Å². The van der Waals surface area contributed by atoms with E-state index in [1.807, 2.05) is 61.0 Å². The number of piperidine rings is 1. The molecule has 4 fully saturated rings. The average molecular weight is 1220 g/mol. The fourth-order valence-corrected chi connectivity index (χ4v) is 12.5. The van der Waals surface area contributed by atoms with Gasteiger partial charge in [0.15, 0.2) is 5.78 Å². The highest BCUT2D eigenvalue weighted by atomic mass is 16.6. The molecule has 4 aliphatic heterocycles. The molecule has 486 valence electrons. The lowest BCUT2D eigenvalue weighted by molar-refractivity contribution is -0.265. The smallest absolute Gasteiger partial charge is 0.407 e. The second kappa shape index (κ2) is 33.9. The van der Waals surface area contributed by atoms with E-state index in [-0.39, 0.29) is 62.1 Å². The fourth-order valence-electron chi connectivity index (χ4n) is 12.5. The van der Waals surface area contributed by atoms with E-state index in [0.29, 0.717) is 109 Å². The monoisotopic (exact) mass is 1220 g/mol. The highest BCUT2D eigenvalue weighted by Crippen LogP contribution is 2.38. The highest BCUT2D eigenvalue weighted by molar-refractivity contribution is 6.39. The van der Waals surface area contributed by atoms with Gasteiger partial charge in [0.05, 0.1) is 37.4 Å². The fraction of sp³-hybridized carbons (Fsp3) is 0.719. The Morgan fingerprint density at radius 2 is 1.56 bits per heavy atom. The van der Waals surface area contributed by atoms with Crippen LogP contribution in [0.4, 0.5) is 10.7 Å². The second-order valence-electron chi connectivity index (χ2n) is 24.7. The maximum atomic E-state index is 14.6. The van der Waals surface area contributed by atoms with E-state index in [9.17, 15) is 49.2 Å². The molecule has 5 aliphatic rings. The number of aliphatic hydroxyl groups excluding tert-OH is 3. The van der Waals surface area contributed by atoms with Gasteiger partial charge in [0.2, 0.25) is 17.6 Å². The predicted octanol–water partition coefficient (Wildman–Crippen LogP) is 4.81. The summed E-state index contributed by atoms with van der Waals surface area (Å²) < 4.78 is 35.4. The number of hydrogen-bond acceptors (Lipinski definition) is 20. The first-order valence-electron chi connectivity index (χ1n) is 31.4. The number of esters is 1. The number of carbonyl (C=O) groups is 6. The number of methoxy groups -OCH3 is 2. The molecule has 3 amide bonds. The number of amides is 3. The Labute approximate surface area is 513 Å². The molecule has 16 atom stereocenters. The zero-order chi connectivity index (χ0) is 63.5. The van der Waals surface area contributed by atoms with Crippen LogP contribution >= 0.6 is 0 Å². The molecule has 7 N–H and O–H groups in total. The number of aliphatic hydroxyl groups is 4. The van der Waals surface area contributed by atoms with E-state index in [2.05, 4.69) is 15.3 Å². The lowest BCUT2D eigenvalue weighted by Gasteiger charge is -2.42. The minimum atomic E-state index is -2.49. The van der Waals surface area contributed by atoms with E-state index < -0.39 is 114 Å². The van der Waals surface area contributed by atoms with E-state index in [1.165, 1.54) is 7.11 Å². The summed E-state index contributed by atoms with van der Waals surface area (Å²) in [6.45, 7) is 15.7. The van der Waals surface area contributed by atoms with Crippen molar-refractivity contribution in [1.29, 1.82) is 0 Å². The number of fused-ring (bicyclic) bond motifs is 3. The topological polar surface area (TPSA) is 312 Å². The Bertz CT molecular complexity index is 2560. The van der Waals surface area contributed by atoms with Crippen molar-refractivity contribution in [3.8, 4) is 0 Å². The standard InChI is InChI=1S/C64H99N7O16/c1-10-84-29-23-55(73)69-25-27-70(28-26-69)62-66-36-46(37-67-62)38-68-63(80)86-51-22-20-45(33-54(51)83-9)32-48(65)53-35-50(72)41(4)31-43(6)57(75)58(76)56(74)42(5)30-39(2)16-12-11-13-17-40(3)52(82-8)34-47-21-19-44(7)64(81,87-47)59(77)60(78)71-24-15-14-18-49(71)61(79)85-53/h11-13,16-17,31,36-37,39,41-42,44-45,47-54,57-58,72,75-76,81H,10,14-15,18-30,32-35,38,65H2,1-9H3,(H,68,80)/b13-11+,16-12+,40-17+,43-31+/t39-,41-,42-,44-,45+,47+,48-,49+,50-,51-,52+,53+,54-,57?,58+,64-/m1/s1. The third-order valence-electron chi connectivity index (χ3n) is 18.1.